The highest BCUT2D eigenvalue weighted by atomic mass is 19.1. The van der Waals surface area contributed by atoms with Crippen LogP contribution in [0.25, 0.3) is 0 Å². The molecule has 0 spiro atoms. The summed E-state index contributed by atoms with van der Waals surface area (Å²) in [6.07, 6.45) is 8.07. The number of rotatable bonds is 5. The lowest BCUT2D eigenvalue weighted by molar-refractivity contribution is -0.123. The third kappa shape index (κ3) is 4.03. The van der Waals surface area contributed by atoms with Crippen LogP contribution in [0.5, 0.6) is 5.75 Å². The molecule has 0 radical (unpaired) electrons. The molecule has 1 saturated carbocycles. The van der Waals surface area contributed by atoms with Crippen LogP contribution in [0, 0.1) is 17.7 Å². The van der Waals surface area contributed by atoms with Gasteiger partial charge in [0.05, 0.1) is 0 Å². The fourth-order valence-corrected chi connectivity index (χ4v) is 4.93. The first-order valence-corrected chi connectivity index (χ1v) is 10.1. The van der Waals surface area contributed by atoms with E-state index in [2.05, 4.69) is 10.2 Å². The molecule has 5 heteroatoms. The number of nitrogens with one attached hydrogen (secondary N) is 1. The van der Waals surface area contributed by atoms with Crippen LogP contribution in [0.15, 0.2) is 24.3 Å². The zero-order chi connectivity index (χ0) is 17.9. The standard InChI is InChI=1S/C21H29FN2O2/c22-15-5-7-16(8-6-15)26-17-9-12-24(13-10-17)14-11-19-18-3-1-2-4-20(18)23-21(19)25/h5-8,17-20H,1-4,9-14H2,(H,23,25). The first kappa shape index (κ1) is 17.8. The molecule has 26 heavy (non-hydrogen) atoms. The van der Waals surface area contributed by atoms with Gasteiger partial charge in [-0.05, 0) is 68.8 Å². The Morgan fingerprint density at radius 1 is 1.08 bits per heavy atom. The van der Waals surface area contributed by atoms with Crippen molar-refractivity contribution >= 4 is 5.91 Å². The van der Waals surface area contributed by atoms with Crippen molar-refractivity contribution < 1.29 is 13.9 Å². The van der Waals surface area contributed by atoms with Gasteiger partial charge in [-0.25, -0.2) is 4.39 Å². The number of piperidine rings is 1. The average Bonchev–Trinajstić information content (AvgIpc) is 2.98. The van der Waals surface area contributed by atoms with E-state index in [9.17, 15) is 9.18 Å². The van der Waals surface area contributed by atoms with Gasteiger partial charge in [0.1, 0.15) is 17.7 Å². The lowest BCUT2D eigenvalue weighted by Crippen LogP contribution is -2.39. The first-order valence-electron chi connectivity index (χ1n) is 10.1. The van der Waals surface area contributed by atoms with Gasteiger partial charge >= 0.3 is 0 Å². The molecule has 1 aromatic carbocycles. The summed E-state index contributed by atoms with van der Waals surface area (Å²) in [6.45, 7) is 3.02. The van der Waals surface area contributed by atoms with E-state index >= 15 is 0 Å². The molecule has 2 saturated heterocycles. The normalized spacial score (nSPS) is 30.0. The van der Waals surface area contributed by atoms with Gasteiger partial charge in [0, 0.05) is 25.0 Å². The Morgan fingerprint density at radius 3 is 2.58 bits per heavy atom. The van der Waals surface area contributed by atoms with Crippen LogP contribution < -0.4 is 10.1 Å². The predicted octanol–water partition coefficient (Wildman–Crippen LogP) is 3.36. The Morgan fingerprint density at radius 2 is 1.81 bits per heavy atom. The smallest absolute Gasteiger partial charge is 0.223 e. The van der Waals surface area contributed by atoms with Gasteiger partial charge in [0.25, 0.3) is 0 Å². The summed E-state index contributed by atoms with van der Waals surface area (Å²) >= 11 is 0. The molecule has 3 aliphatic rings. The van der Waals surface area contributed by atoms with E-state index in [0.29, 0.717) is 12.0 Å². The molecule has 4 nitrogen and oxygen atoms in total. The van der Waals surface area contributed by atoms with Crippen molar-refractivity contribution in [2.45, 2.75) is 57.1 Å². The van der Waals surface area contributed by atoms with Crippen LogP contribution >= 0.6 is 0 Å². The molecule has 0 bridgehead atoms. The predicted molar refractivity (Wildman–Crippen MR) is 98.5 cm³/mol. The molecule has 0 aromatic heterocycles. The summed E-state index contributed by atoms with van der Waals surface area (Å²) in [5, 5.41) is 3.23. The number of benzene rings is 1. The molecule has 1 aliphatic carbocycles. The first-order chi connectivity index (χ1) is 12.7. The van der Waals surface area contributed by atoms with Gasteiger partial charge in [0.2, 0.25) is 5.91 Å². The molecule has 1 N–H and O–H groups in total. The van der Waals surface area contributed by atoms with Gasteiger partial charge in [-0.3, -0.25) is 4.79 Å². The molecule has 2 aliphatic heterocycles. The maximum Gasteiger partial charge on any atom is 0.223 e. The number of ether oxygens (including phenoxy) is 1. The van der Waals surface area contributed by atoms with E-state index in [-0.39, 0.29) is 23.7 Å². The van der Waals surface area contributed by atoms with Gasteiger partial charge < -0.3 is 15.0 Å². The van der Waals surface area contributed by atoms with Crippen molar-refractivity contribution in [3.05, 3.63) is 30.1 Å². The maximum absolute atomic E-state index is 13.0. The van der Waals surface area contributed by atoms with Crippen LogP contribution in [0.2, 0.25) is 0 Å². The Hall–Kier alpha value is -1.62. The van der Waals surface area contributed by atoms with E-state index in [4.69, 9.17) is 4.74 Å². The highest BCUT2D eigenvalue weighted by molar-refractivity contribution is 5.81. The minimum absolute atomic E-state index is 0.203. The van der Waals surface area contributed by atoms with Crippen molar-refractivity contribution in [3.8, 4) is 5.75 Å². The molecule has 2 heterocycles. The summed E-state index contributed by atoms with van der Waals surface area (Å²) in [7, 11) is 0. The van der Waals surface area contributed by atoms with E-state index in [1.54, 1.807) is 12.1 Å². The monoisotopic (exact) mass is 360 g/mol. The molecular weight excluding hydrogens is 331 g/mol. The fourth-order valence-electron chi connectivity index (χ4n) is 4.93. The van der Waals surface area contributed by atoms with Gasteiger partial charge in [0.15, 0.2) is 0 Å². The Kier molecular flexibility index (Phi) is 5.44. The minimum Gasteiger partial charge on any atom is -0.490 e. The van der Waals surface area contributed by atoms with Crippen LogP contribution in [0.3, 0.4) is 0 Å². The lowest BCUT2D eigenvalue weighted by atomic mass is 9.78. The summed E-state index contributed by atoms with van der Waals surface area (Å²) in [4.78, 5) is 14.8. The third-order valence-corrected chi connectivity index (χ3v) is 6.41. The molecular formula is C21H29FN2O2. The molecule has 1 aromatic rings. The van der Waals surface area contributed by atoms with Gasteiger partial charge in [-0.1, -0.05) is 12.8 Å². The van der Waals surface area contributed by atoms with Crippen LogP contribution in [-0.2, 0) is 4.79 Å². The number of carbonyl (C=O) groups is 1. The van der Waals surface area contributed by atoms with Crippen molar-refractivity contribution in [2.75, 3.05) is 19.6 Å². The topological polar surface area (TPSA) is 41.6 Å². The number of amides is 1. The van der Waals surface area contributed by atoms with E-state index in [1.165, 1.54) is 37.8 Å². The van der Waals surface area contributed by atoms with Crippen LogP contribution in [0.1, 0.15) is 44.9 Å². The molecule has 1 amide bonds. The lowest BCUT2D eigenvalue weighted by Gasteiger charge is -2.33. The number of likely N-dealkylation sites (tertiary alicyclic amines) is 1. The quantitative estimate of drug-likeness (QED) is 0.875. The molecule has 3 fully saturated rings. The van der Waals surface area contributed by atoms with Crippen molar-refractivity contribution in [3.63, 3.8) is 0 Å². The molecule has 3 atom stereocenters. The highest BCUT2D eigenvalue weighted by Crippen LogP contribution is 2.37. The number of fused-ring (bicyclic) bond motifs is 1. The maximum atomic E-state index is 13.0. The molecule has 3 unspecified atom stereocenters. The van der Waals surface area contributed by atoms with Crippen molar-refractivity contribution in [2.24, 2.45) is 11.8 Å². The number of hydrogen-bond donors (Lipinski definition) is 1. The molecule has 4 rings (SSSR count). The Bertz CT molecular complexity index is 613. The van der Waals surface area contributed by atoms with Gasteiger partial charge in [-0.2, -0.15) is 0 Å². The average molecular weight is 360 g/mol. The summed E-state index contributed by atoms with van der Waals surface area (Å²) < 4.78 is 18.9. The number of halogens is 1. The SMILES string of the molecule is O=C1NC2CCCCC2C1CCN1CCC(Oc2ccc(F)cc2)CC1. The van der Waals surface area contributed by atoms with E-state index < -0.39 is 0 Å². The Balaban J connectivity index is 1.21. The zero-order valence-corrected chi connectivity index (χ0v) is 15.3. The Labute approximate surface area is 155 Å². The summed E-state index contributed by atoms with van der Waals surface area (Å²) in [6, 6.07) is 6.71. The van der Waals surface area contributed by atoms with E-state index in [1.807, 2.05) is 0 Å². The second kappa shape index (κ2) is 7.95. The third-order valence-electron chi connectivity index (χ3n) is 6.41. The summed E-state index contributed by atoms with van der Waals surface area (Å²) in [5.41, 5.74) is 0. The summed E-state index contributed by atoms with van der Waals surface area (Å²) in [5.74, 6) is 1.58. The largest absolute Gasteiger partial charge is 0.490 e. The van der Waals surface area contributed by atoms with Crippen LogP contribution in [-0.4, -0.2) is 42.6 Å². The van der Waals surface area contributed by atoms with Gasteiger partial charge in [-0.15, -0.1) is 0 Å². The second-order valence-electron chi connectivity index (χ2n) is 8.07. The van der Waals surface area contributed by atoms with Crippen LogP contribution in [0.4, 0.5) is 4.39 Å². The number of carbonyl (C=O) groups excluding carboxylic acids is 1. The second-order valence-corrected chi connectivity index (χ2v) is 8.07. The minimum atomic E-state index is -0.233. The number of hydrogen-bond acceptors (Lipinski definition) is 3. The highest BCUT2D eigenvalue weighted by Gasteiger charge is 2.42. The zero-order valence-electron chi connectivity index (χ0n) is 15.3. The number of nitrogens with zero attached hydrogens (tertiary/aromatic N) is 1. The molecule has 142 valence electrons. The van der Waals surface area contributed by atoms with Crippen molar-refractivity contribution in [1.29, 1.82) is 0 Å². The van der Waals surface area contributed by atoms with Crippen molar-refractivity contribution in [1.82, 2.24) is 10.2 Å². The van der Waals surface area contributed by atoms with E-state index in [0.717, 1.165) is 44.6 Å². The fraction of sp³-hybridized carbons (Fsp3) is 0.667.